The summed E-state index contributed by atoms with van der Waals surface area (Å²) in [7, 11) is 0. The Hall–Kier alpha value is -0.780. The van der Waals surface area contributed by atoms with E-state index in [4.69, 9.17) is 10.3 Å². The number of carbonyl (C=O) groups is 1. The van der Waals surface area contributed by atoms with Crippen LogP contribution in [0.5, 0.6) is 0 Å². The van der Waals surface area contributed by atoms with Crippen LogP contribution in [0.3, 0.4) is 0 Å². The highest BCUT2D eigenvalue weighted by Crippen LogP contribution is 2.17. The van der Waals surface area contributed by atoms with E-state index >= 15 is 0 Å². The quantitative estimate of drug-likeness (QED) is 0.231. The number of amides is 1. The van der Waals surface area contributed by atoms with Crippen molar-refractivity contribution in [2.24, 2.45) is 5.11 Å². The van der Waals surface area contributed by atoms with Crippen LogP contribution in [0.25, 0.3) is 10.4 Å². The van der Waals surface area contributed by atoms with Crippen molar-refractivity contribution in [3.63, 3.8) is 0 Å². The molecule has 0 rings (SSSR count). The fourth-order valence-electron chi connectivity index (χ4n) is 1.27. The first-order chi connectivity index (χ1) is 8.75. The van der Waals surface area contributed by atoms with E-state index in [0.29, 0.717) is 19.6 Å². The summed E-state index contributed by atoms with van der Waals surface area (Å²) >= 11 is 3.31. The van der Waals surface area contributed by atoms with Gasteiger partial charge in [-0.25, -0.2) is 0 Å². The third-order valence-electron chi connectivity index (χ3n) is 2.63. The average molecular weight is 335 g/mol. The van der Waals surface area contributed by atoms with E-state index in [9.17, 15) is 4.79 Å². The monoisotopic (exact) mass is 334 g/mol. The highest BCUT2D eigenvalue weighted by molar-refractivity contribution is 9.09. The molecule has 0 heterocycles. The lowest BCUT2D eigenvalue weighted by Gasteiger charge is -2.26. The van der Waals surface area contributed by atoms with Gasteiger partial charge in [-0.2, -0.15) is 0 Å². The molecule has 0 fully saturated rings. The highest BCUT2D eigenvalue weighted by atomic mass is 79.9. The smallest absolute Gasteiger partial charge is 0.251 e. The normalized spacial score (nSPS) is 11.8. The maximum absolute atomic E-state index is 11.9. The number of carbonyl (C=O) groups excluding carboxylic acids is 1. The lowest BCUT2D eigenvalue weighted by Crippen LogP contribution is -2.45. The summed E-state index contributed by atoms with van der Waals surface area (Å²) in [5.74, 6) is -0.130. The van der Waals surface area contributed by atoms with Crippen LogP contribution in [-0.2, 0) is 9.53 Å². The lowest BCUT2D eigenvalue weighted by atomic mass is 10.0. The number of rotatable bonds is 9. The minimum atomic E-state index is -0.876. The number of azide groups is 1. The van der Waals surface area contributed by atoms with Crippen LogP contribution < -0.4 is 5.32 Å². The van der Waals surface area contributed by atoms with Crippen LogP contribution in [0.1, 0.15) is 40.5 Å². The molecule has 0 aromatic rings. The van der Waals surface area contributed by atoms with Crippen molar-refractivity contribution in [2.75, 3.05) is 18.5 Å². The molecule has 6 nitrogen and oxygen atoms in total. The predicted octanol–water partition coefficient (Wildman–Crippen LogP) is 3.16. The summed E-state index contributed by atoms with van der Waals surface area (Å²) in [6.45, 7) is 8.12. The van der Waals surface area contributed by atoms with E-state index in [1.54, 1.807) is 13.8 Å². The predicted molar refractivity (Wildman–Crippen MR) is 79.3 cm³/mol. The molecule has 0 aliphatic carbocycles. The molecule has 0 bridgehead atoms. The Labute approximate surface area is 123 Å². The van der Waals surface area contributed by atoms with Crippen molar-refractivity contribution in [3.8, 4) is 0 Å². The molecular formula is C12H23BrN4O2. The van der Waals surface area contributed by atoms with E-state index < -0.39 is 11.1 Å². The van der Waals surface area contributed by atoms with Crippen LogP contribution >= 0.6 is 15.9 Å². The van der Waals surface area contributed by atoms with Crippen LogP contribution in [0, 0.1) is 0 Å². The van der Waals surface area contributed by atoms with Crippen LogP contribution in [0.2, 0.25) is 0 Å². The van der Waals surface area contributed by atoms with Gasteiger partial charge in [-0.1, -0.05) is 34.9 Å². The molecule has 0 aliphatic rings. The van der Waals surface area contributed by atoms with Gasteiger partial charge in [0.1, 0.15) is 5.60 Å². The van der Waals surface area contributed by atoms with Crippen molar-refractivity contribution in [2.45, 2.75) is 51.7 Å². The topological polar surface area (TPSA) is 87.1 Å². The summed E-state index contributed by atoms with van der Waals surface area (Å²) in [6, 6.07) is 0. The first kappa shape index (κ1) is 18.2. The molecule has 0 aromatic heterocycles. The zero-order valence-electron chi connectivity index (χ0n) is 12.1. The molecule has 0 unspecified atom stereocenters. The Balaban J connectivity index is 4.15. The number of hydrogen-bond acceptors (Lipinski definition) is 3. The third kappa shape index (κ3) is 8.08. The van der Waals surface area contributed by atoms with Gasteiger partial charge < -0.3 is 10.1 Å². The maximum atomic E-state index is 11.9. The fraction of sp³-hybridized carbons (Fsp3) is 0.917. The zero-order valence-corrected chi connectivity index (χ0v) is 13.7. The van der Waals surface area contributed by atoms with Gasteiger partial charge in [0.05, 0.1) is 0 Å². The Morgan fingerprint density at radius 3 is 2.58 bits per heavy atom. The van der Waals surface area contributed by atoms with Gasteiger partial charge in [0.2, 0.25) is 0 Å². The molecule has 7 heteroatoms. The minimum absolute atomic E-state index is 0.130. The lowest BCUT2D eigenvalue weighted by molar-refractivity contribution is -0.143. The van der Waals surface area contributed by atoms with Gasteiger partial charge in [0.15, 0.2) is 0 Å². The second-order valence-corrected chi connectivity index (χ2v) is 6.20. The van der Waals surface area contributed by atoms with Gasteiger partial charge in [-0.15, -0.1) is 0 Å². The molecule has 0 aromatic carbocycles. The van der Waals surface area contributed by atoms with Gasteiger partial charge >= 0.3 is 0 Å². The Kier molecular flexibility index (Phi) is 8.06. The summed E-state index contributed by atoms with van der Waals surface area (Å²) < 4.78 is 5.60. The minimum Gasteiger partial charge on any atom is -0.366 e. The number of ether oxygens (including phenoxy) is 1. The third-order valence-corrected chi connectivity index (χ3v) is 3.20. The van der Waals surface area contributed by atoms with E-state index in [1.807, 2.05) is 13.8 Å². The molecule has 1 N–H and O–H groups in total. The van der Waals surface area contributed by atoms with Crippen molar-refractivity contribution in [1.29, 1.82) is 0 Å². The fourth-order valence-corrected chi connectivity index (χ4v) is 1.55. The Bertz CT molecular complexity index is 339. The number of nitrogens with one attached hydrogen (secondary N) is 1. The van der Waals surface area contributed by atoms with Crippen LogP contribution in [0.4, 0.5) is 0 Å². The second-order valence-electron chi connectivity index (χ2n) is 5.41. The average Bonchev–Trinajstić information content (AvgIpc) is 2.28. The molecule has 0 saturated heterocycles. The van der Waals surface area contributed by atoms with E-state index in [1.165, 1.54) is 0 Å². The number of alkyl halides is 1. The molecule has 0 atom stereocenters. The van der Waals surface area contributed by atoms with E-state index in [2.05, 4.69) is 31.3 Å². The molecular weight excluding hydrogens is 312 g/mol. The molecule has 1 amide bonds. The molecule has 0 saturated carbocycles. The number of nitrogens with zero attached hydrogens (tertiary/aromatic N) is 3. The van der Waals surface area contributed by atoms with Crippen molar-refractivity contribution in [1.82, 2.24) is 5.32 Å². The maximum Gasteiger partial charge on any atom is 0.251 e. The summed E-state index contributed by atoms with van der Waals surface area (Å²) in [5.41, 5.74) is 7.04. The SMILES string of the molecule is CC(C)(CCOC(C)(C)C(=O)NCCCBr)N=[N+]=[N-]. The molecule has 19 heavy (non-hydrogen) atoms. The van der Waals surface area contributed by atoms with Crippen LogP contribution in [-0.4, -0.2) is 35.5 Å². The second kappa shape index (κ2) is 8.40. The zero-order chi connectivity index (χ0) is 14.9. The van der Waals surface area contributed by atoms with Gasteiger partial charge in [0.25, 0.3) is 5.91 Å². The van der Waals surface area contributed by atoms with E-state index in [-0.39, 0.29) is 5.91 Å². The van der Waals surface area contributed by atoms with Gasteiger partial charge in [-0.3, -0.25) is 4.79 Å². The van der Waals surface area contributed by atoms with E-state index in [0.717, 1.165) is 11.8 Å². The number of halogens is 1. The molecule has 110 valence electrons. The summed E-state index contributed by atoms with van der Waals surface area (Å²) in [5, 5.41) is 7.35. The molecule has 0 spiro atoms. The van der Waals surface area contributed by atoms with Gasteiger partial charge in [-0.05, 0) is 32.2 Å². The van der Waals surface area contributed by atoms with Crippen molar-refractivity contribution < 1.29 is 9.53 Å². The summed E-state index contributed by atoms with van der Waals surface area (Å²) in [4.78, 5) is 14.7. The first-order valence-corrected chi connectivity index (χ1v) is 7.42. The largest absolute Gasteiger partial charge is 0.366 e. The van der Waals surface area contributed by atoms with Gasteiger partial charge in [0, 0.05) is 28.9 Å². The Morgan fingerprint density at radius 2 is 2.05 bits per heavy atom. The van der Waals surface area contributed by atoms with Crippen LogP contribution in [0.15, 0.2) is 5.11 Å². The first-order valence-electron chi connectivity index (χ1n) is 6.29. The summed E-state index contributed by atoms with van der Waals surface area (Å²) in [6.07, 6.45) is 1.45. The van der Waals surface area contributed by atoms with Crippen molar-refractivity contribution in [3.05, 3.63) is 10.4 Å². The molecule has 0 radical (unpaired) electrons. The molecule has 0 aliphatic heterocycles. The standard InChI is InChI=1S/C12H23BrN4O2/c1-11(2,16-17-14)6-9-19-12(3,4)10(18)15-8-5-7-13/h5-9H2,1-4H3,(H,15,18). The number of hydrogen-bond donors (Lipinski definition) is 1. The Morgan fingerprint density at radius 1 is 1.42 bits per heavy atom. The van der Waals surface area contributed by atoms with Crippen molar-refractivity contribution >= 4 is 21.8 Å². The highest BCUT2D eigenvalue weighted by Gasteiger charge is 2.28.